The Morgan fingerprint density at radius 2 is 2.13 bits per heavy atom. The van der Waals surface area contributed by atoms with Crippen LogP contribution in [-0.2, 0) is 4.79 Å². The highest BCUT2D eigenvalue weighted by atomic mass is 19.1. The molecular weight excluding hydrogens is 390 g/mol. The summed E-state index contributed by atoms with van der Waals surface area (Å²) in [5.74, 6) is -1.05. The zero-order valence-electron chi connectivity index (χ0n) is 16.3. The third-order valence-corrected chi connectivity index (χ3v) is 5.41. The first-order chi connectivity index (χ1) is 14.3. The van der Waals surface area contributed by atoms with Gasteiger partial charge in [0, 0.05) is 22.7 Å². The first-order valence-electron chi connectivity index (χ1n) is 9.46. The summed E-state index contributed by atoms with van der Waals surface area (Å²) in [5, 5.41) is 10.3. The van der Waals surface area contributed by atoms with Gasteiger partial charge in [0.1, 0.15) is 12.0 Å². The Balaban J connectivity index is 1.60. The fourth-order valence-electron chi connectivity index (χ4n) is 3.75. The quantitative estimate of drug-likeness (QED) is 0.533. The topological polar surface area (TPSA) is 88.0 Å². The number of carbonyl (C=O) groups is 1. The Morgan fingerprint density at radius 3 is 2.83 bits per heavy atom. The Kier molecular flexibility index (Phi) is 3.96. The standard InChI is InChI=1S/C21H18F2N6O/c1-9(2)17-19(23)10(3)18(12-5-25-28-20(12)17)14-7-29-8-15(26-16(29)6-24-14)27-21(30)11-4-13(11)22/h5-8,11,13H,1,4H2,2-3H3,(H,25,28)(H,27,30)/t11-,13+/m1/s1. The van der Waals surface area contributed by atoms with Crippen molar-refractivity contribution in [2.45, 2.75) is 26.4 Å². The van der Waals surface area contributed by atoms with Crippen LogP contribution in [0, 0.1) is 18.7 Å². The fraction of sp³-hybridized carbons (Fsp3) is 0.238. The number of nitrogens with zero attached hydrogens (tertiary/aromatic N) is 4. The van der Waals surface area contributed by atoms with E-state index in [9.17, 15) is 9.18 Å². The van der Waals surface area contributed by atoms with Gasteiger partial charge in [-0.15, -0.1) is 0 Å². The molecule has 1 aliphatic carbocycles. The Bertz CT molecular complexity index is 1350. The van der Waals surface area contributed by atoms with Crippen LogP contribution in [0.3, 0.4) is 0 Å². The van der Waals surface area contributed by atoms with Crippen LogP contribution in [-0.4, -0.2) is 36.6 Å². The SMILES string of the molecule is C=C(C)c1c(F)c(C)c(-c2cn3cc(NC(=O)[C@@H]4C[C@@H]4F)nc3cn2)c2cn[nH]c12. The first-order valence-corrected chi connectivity index (χ1v) is 9.46. The van der Waals surface area contributed by atoms with Gasteiger partial charge < -0.3 is 9.72 Å². The number of aromatic amines is 1. The van der Waals surface area contributed by atoms with E-state index in [4.69, 9.17) is 0 Å². The van der Waals surface area contributed by atoms with Crippen LogP contribution < -0.4 is 5.32 Å². The van der Waals surface area contributed by atoms with Gasteiger partial charge in [0.05, 0.1) is 35.7 Å². The largest absolute Gasteiger partial charge is 0.309 e. The summed E-state index contributed by atoms with van der Waals surface area (Å²) in [6.45, 7) is 7.31. The maximum absolute atomic E-state index is 15.1. The van der Waals surface area contributed by atoms with Crippen molar-refractivity contribution in [3.63, 3.8) is 0 Å². The van der Waals surface area contributed by atoms with Crippen molar-refractivity contribution >= 4 is 33.8 Å². The van der Waals surface area contributed by atoms with Crippen LogP contribution in [0.2, 0.25) is 0 Å². The normalized spacial score (nSPS) is 18.1. The van der Waals surface area contributed by atoms with Gasteiger partial charge in [-0.2, -0.15) is 5.10 Å². The number of H-pyrrole nitrogens is 1. The van der Waals surface area contributed by atoms with Gasteiger partial charge in [-0.25, -0.2) is 13.8 Å². The molecule has 0 radical (unpaired) electrons. The van der Waals surface area contributed by atoms with Crippen LogP contribution in [0.5, 0.6) is 0 Å². The number of anilines is 1. The second kappa shape index (κ2) is 6.45. The second-order valence-corrected chi connectivity index (χ2v) is 7.64. The fourth-order valence-corrected chi connectivity index (χ4v) is 3.75. The molecule has 0 bridgehead atoms. The molecule has 4 aromatic rings. The molecular formula is C21H18F2N6O. The zero-order valence-corrected chi connectivity index (χ0v) is 16.3. The molecule has 152 valence electrons. The lowest BCUT2D eigenvalue weighted by Gasteiger charge is -2.13. The zero-order chi connectivity index (χ0) is 21.2. The van der Waals surface area contributed by atoms with Gasteiger partial charge in [-0.3, -0.25) is 14.9 Å². The molecule has 3 aromatic heterocycles. The van der Waals surface area contributed by atoms with Crippen LogP contribution >= 0.6 is 0 Å². The molecule has 1 saturated carbocycles. The number of nitrogens with one attached hydrogen (secondary N) is 2. The van der Waals surface area contributed by atoms with Crippen molar-refractivity contribution in [3.05, 3.63) is 48.3 Å². The summed E-state index contributed by atoms with van der Waals surface area (Å²) < 4.78 is 29.9. The maximum atomic E-state index is 15.1. The molecule has 2 N–H and O–H groups in total. The summed E-state index contributed by atoms with van der Waals surface area (Å²) in [6, 6.07) is 0. The minimum atomic E-state index is -1.08. The number of imidazole rings is 1. The van der Waals surface area contributed by atoms with Crippen molar-refractivity contribution in [2.75, 3.05) is 5.32 Å². The molecule has 1 amide bonds. The van der Waals surface area contributed by atoms with Crippen molar-refractivity contribution in [3.8, 4) is 11.3 Å². The molecule has 1 fully saturated rings. The summed E-state index contributed by atoms with van der Waals surface area (Å²) >= 11 is 0. The second-order valence-electron chi connectivity index (χ2n) is 7.64. The Morgan fingerprint density at radius 1 is 1.37 bits per heavy atom. The summed E-state index contributed by atoms with van der Waals surface area (Å²) in [5.41, 5.74) is 3.64. The highest BCUT2D eigenvalue weighted by molar-refractivity contribution is 6.01. The van der Waals surface area contributed by atoms with E-state index >= 15 is 4.39 Å². The molecule has 7 nitrogen and oxygen atoms in total. The number of allylic oxidation sites excluding steroid dienone is 1. The van der Waals surface area contributed by atoms with E-state index in [1.807, 2.05) is 0 Å². The highest BCUT2D eigenvalue weighted by Gasteiger charge is 2.43. The number of benzene rings is 1. The average Bonchev–Trinajstić information content (AvgIpc) is 3.08. The molecule has 3 heterocycles. The van der Waals surface area contributed by atoms with Crippen molar-refractivity contribution in [2.24, 2.45) is 5.92 Å². The number of hydrogen-bond donors (Lipinski definition) is 2. The molecule has 5 rings (SSSR count). The molecule has 0 spiro atoms. The summed E-state index contributed by atoms with van der Waals surface area (Å²) in [6.07, 6.45) is 5.67. The monoisotopic (exact) mass is 408 g/mol. The van der Waals surface area contributed by atoms with Crippen LogP contribution in [0.15, 0.2) is 31.4 Å². The van der Waals surface area contributed by atoms with E-state index in [1.54, 1.807) is 36.8 Å². The number of amides is 1. The summed E-state index contributed by atoms with van der Waals surface area (Å²) in [7, 11) is 0. The molecule has 0 saturated heterocycles. The molecule has 1 aromatic carbocycles. The molecule has 2 atom stereocenters. The van der Waals surface area contributed by atoms with Gasteiger partial charge in [0.15, 0.2) is 11.5 Å². The smallest absolute Gasteiger partial charge is 0.231 e. The van der Waals surface area contributed by atoms with Crippen molar-refractivity contribution in [1.82, 2.24) is 24.6 Å². The predicted molar refractivity (Wildman–Crippen MR) is 109 cm³/mol. The van der Waals surface area contributed by atoms with E-state index in [0.717, 1.165) is 5.39 Å². The lowest BCUT2D eigenvalue weighted by molar-refractivity contribution is -0.117. The van der Waals surface area contributed by atoms with Crippen molar-refractivity contribution in [1.29, 1.82) is 0 Å². The summed E-state index contributed by atoms with van der Waals surface area (Å²) in [4.78, 5) is 20.7. The minimum absolute atomic E-state index is 0.247. The molecule has 0 unspecified atom stereocenters. The number of rotatable bonds is 4. The average molecular weight is 408 g/mol. The third kappa shape index (κ3) is 2.77. The van der Waals surface area contributed by atoms with Gasteiger partial charge in [-0.05, 0) is 31.4 Å². The number of fused-ring (bicyclic) bond motifs is 2. The number of halogens is 2. The number of carbonyl (C=O) groups excluding carboxylic acids is 1. The van der Waals surface area contributed by atoms with Gasteiger partial charge in [0.25, 0.3) is 0 Å². The molecule has 0 aliphatic heterocycles. The van der Waals surface area contributed by atoms with Gasteiger partial charge >= 0.3 is 0 Å². The van der Waals surface area contributed by atoms with Crippen LogP contribution in [0.4, 0.5) is 14.6 Å². The lowest BCUT2D eigenvalue weighted by Crippen LogP contribution is -2.15. The third-order valence-electron chi connectivity index (χ3n) is 5.41. The molecule has 30 heavy (non-hydrogen) atoms. The maximum Gasteiger partial charge on any atom is 0.231 e. The van der Waals surface area contributed by atoms with E-state index in [2.05, 4.69) is 32.1 Å². The number of aromatic nitrogens is 5. The van der Waals surface area contributed by atoms with E-state index < -0.39 is 12.1 Å². The molecule has 1 aliphatic rings. The first kappa shape index (κ1) is 18.4. The van der Waals surface area contributed by atoms with Gasteiger partial charge in [-0.1, -0.05) is 6.58 Å². The highest BCUT2D eigenvalue weighted by Crippen LogP contribution is 2.37. The van der Waals surface area contributed by atoms with Crippen LogP contribution in [0.1, 0.15) is 24.5 Å². The van der Waals surface area contributed by atoms with E-state index in [-0.39, 0.29) is 18.1 Å². The van der Waals surface area contributed by atoms with Crippen molar-refractivity contribution < 1.29 is 13.6 Å². The van der Waals surface area contributed by atoms with E-state index in [0.29, 0.717) is 44.9 Å². The Labute approximate surface area is 169 Å². The van der Waals surface area contributed by atoms with Crippen LogP contribution in [0.25, 0.3) is 33.4 Å². The number of hydrogen-bond acceptors (Lipinski definition) is 4. The minimum Gasteiger partial charge on any atom is -0.309 e. The van der Waals surface area contributed by atoms with E-state index in [1.165, 1.54) is 6.20 Å². The molecule has 9 heteroatoms. The lowest BCUT2D eigenvalue weighted by atomic mass is 9.94. The Hall–Kier alpha value is -3.62. The predicted octanol–water partition coefficient (Wildman–Crippen LogP) is 4.05. The number of alkyl halides is 1. The van der Waals surface area contributed by atoms with Gasteiger partial charge in [0.2, 0.25) is 5.91 Å².